The summed E-state index contributed by atoms with van der Waals surface area (Å²) in [7, 11) is 0. The standard InChI is InChI=1S/C12H16O3/c1-8(2)7-9-3-5-10(6-4-9)11(13)12(14)15/h3-6,8,11,13H,7H2,1-2H3,(H,14,15)/p-1. The van der Waals surface area contributed by atoms with Crippen molar-refractivity contribution in [3.8, 4) is 0 Å². The molecule has 0 aliphatic rings. The highest BCUT2D eigenvalue weighted by Crippen LogP contribution is 2.15. The van der Waals surface area contributed by atoms with Gasteiger partial charge in [0, 0.05) is 0 Å². The minimum absolute atomic E-state index is 0.363. The second kappa shape index (κ2) is 4.94. The van der Waals surface area contributed by atoms with Gasteiger partial charge in [-0.1, -0.05) is 38.1 Å². The van der Waals surface area contributed by atoms with Crippen molar-refractivity contribution in [3.05, 3.63) is 35.4 Å². The fraction of sp³-hybridized carbons (Fsp3) is 0.417. The molecule has 1 atom stereocenters. The molecular formula is C12H15O3-. The van der Waals surface area contributed by atoms with Gasteiger partial charge >= 0.3 is 0 Å². The molecule has 0 saturated heterocycles. The molecule has 0 aliphatic heterocycles. The number of carbonyl (C=O) groups is 1. The topological polar surface area (TPSA) is 60.4 Å². The largest absolute Gasteiger partial charge is 0.547 e. The number of rotatable bonds is 4. The third kappa shape index (κ3) is 3.36. The Morgan fingerprint density at radius 3 is 2.27 bits per heavy atom. The van der Waals surface area contributed by atoms with Crippen LogP contribution < -0.4 is 5.11 Å². The maximum Gasteiger partial charge on any atom is 0.118 e. The lowest BCUT2D eigenvalue weighted by Crippen LogP contribution is -2.29. The van der Waals surface area contributed by atoms with Crippen molar-refractivity contribution in [3.63, 3.8) is 0 Å². The van der Waals surface area contributed by atoms with Crippen molar-refractivity contribution in [2.45, 2.75) is 26.4 Å². The van der Waals surface area contributed by atoms with Crippen molar-refractivity contribution in [1.29, 1.82) is 0 Å². The molecule has 1 unspecified atom stereocenters. The zero-order chi connectivity index (χ0) is 11.4. The maximum absolute atomic E-state index is 10.4. The minimum Gasteiger partial charge on any atom is -0.547 e. The molecule has 3 nitrogen and oxygen atoms in total. The second-order valence-electron chi connectivity index (χ2n) is 4.06. The second-order valence-corrected chi connectivity index (χ2v) is 4.06. The molecule has 0 spiro atoms. The van der Waals surface area contributed by atoms with Gasteiger partial charge in [-0.25, -0.2) is 0 Å². The van der Waals surface area contributed by atoms with Gasteiger partial charge in [0.15, 0.2) is 0 Å². The van der Waals surface area contributed by atoms with E-state index in [2.05, 4.69) is 13.8 Å². The van der Waals surface area contributed by atoms with Crippen LogP contribution in [-0.2, 0) is 11.2 Å². The number of benzene rings is 1. The van der Waals surface area contributed by atoms with E-state index >= 15 is 0 Å². The quantitative estimate of drug-likeness (QED) is 0.789. The number of carbonyl (C=O) groups excluding carboxylic acids is 1. The molecule has 0 radical (unpaired) electrons. The zero-order valence-electron chi connectivity index (χ0n) is 8.93. The van der Waals surface area contributed by atoms with Crippen LogP contribution in [0.4, 0.5) is 0 Å². The third-order valence-electron chi connectivity index (χ3n) is 2.16. The Morgan fingerprint density at radius 2 is 1.87 bits per heavy atom. The molecule has 82 valence electrons. The highest BCUT2D eigenvalue weighted by atomic mass is 16.4. The molecule has 0 heterocycles. The average molecular weight is 207 g/mol. The van der Waals surface area contributed by atoms with Gasteiger partial charge < -0.3 is 15.0 Å². The summed E-state index contributed by atoms with van der Waals surface area (Å²) in [6.45, 7) is 4.23. The maximum atomic E-state index is 10.4. The highest BCUT2D eigenvalue weighted by molar-refractivity contribution is 5.71. The Labute approximate surface area is 89.4 Å². The van der Waals surface area contributed by atoms with Crippen LogP contribution in [0.5, 0.6) is 0 Å². The molecule has 0 bridgehead atoms. The van der Waals surface area contributed by atoms with Crippen molar-refractivity contribution in [1.82, 2.24) is 0 Å². The molecule has 0 aromatic heterocycles. The smallest absolute Gasteiger partial charge is 0.118 e. The van der Waals surface area contributed by atoms with Gasteiger partial charge in [-0.05, 0) is 23.5 Å². The van der Waals surface area contributed by atoms with E-state index in [0.717, 1.165) is 12.0 Å². The first-order valence-corrected chi connectivity index (χ1v) is 4.98. The Bertz CT molecular complexity index is 327. The molecule has 15 heavy (non-hydrogen) atoms. The molecule has 1 N–H and O–H groups in total. The fourth-order valence-corrected chi connectivity index (χ4v) is 1.44. The summed E-state index contributed by atoms with van der Waals surface area (Å²) in [6, 6.07) is 6.92. The number of aliphatic hydroxyl groups is 1. The summed E-state index contributed by atoms with van der Waals surface area (Å²) >= 11 is 0. The van der Waals surface area contributed by atoms with E-state index in [0.29, 0.717) is 11.5 Å². The van der Waals surface area contributed by atoms with Gasteiger partial charge in [-0.3, -0.25) is 0 Å². The van der Waals surface area contributed by atoms with E-state index in [9.17, 15) is 15.0 Å². The number of carboxylic acids is 1. The molecule has 1 aromatic rings. The Balaban J connectivity index is 2.76. The van der Waals surface area contributed by atoms with Crippen molar-refractivity contribution >= 4 is 5.97 Å². The lowest BCUT2D eigenvalue weighted by Gasteiger charge is -2.12. The van der Waals surface area contributed by atoms with E-state index in [-0.39, 0.29) is 0 Å². The summed E-state index contributed by atoms with van der Waals surface area (Å²) < 4.78 is 0. The molecule has 0 fully saturated rings. The highest BCUT2D eigenvalue weighted by Gasteiger charge is 2.07. The van der Waals surface area contributed by atoms with Gasteiger partial charge in [0.1, 0.15) is 6.10 Å². The summed E-state index contributed by atoms with van der Waals surface area (Å²) in [6.07, 6.45) is -0.583. The van der Waals surface area contributed by atoms with E-state index in [1.54, 1.807) is 12.1 Å². The van der Waals surface area contributed by atoms with Gasteiger partial charge in [0.25, 0.3) is 0 Å². The van der Waals surface area contributed by atoms with Crippen molar-refractivity contribution in [2.24, 2.45) is 5.92 Å². The normalized spacial score (nSPS) is 12.8. The van der Waals surface area contributed by atoms with Gasteiger partial charge in [-0.15, -0.1) is 0 Å². The fourth-order valence-electron chi connectivity index (χ4n) is 1.44. The zero-order valence-corrected chi connectivity index (χ0v) is 8.93. The Hall–Kier alpha value is -1.35. The van der Waals surface area contributed by atoms with Crippen LogP contribution in [0.15, 0.2) is 24.3 Å². The van der Waals surface area contributed by atoms with Gasteiger partial charge in [0.05, 0.1) is 5.97 Å². The van der Waals surface area contributed by atoms with Crippen LogP contribution in [0.3, 0.4) is 0 Å². The Kier molecular flexibility index (Phi) is 3.86. The predicted octanol–water partition coefficient (Wildman–Crippen LogP) is 0.668. The molecular weight excluding hydrogens is 192 g/mol. The van der Waals surface area contributed by atoms with Crippen LogP contribution in [-0.4, -0.2) is 11.1 Å². The van der Waals surface area contributed by atoms with Crippen LogP contribution in [0, 0.1) is 5.92 Å². The molecule has 1 aromatic carbocycles. The first-order valence-electron chi connectivity index (χ1n) is 4.98. The SMILES string of the molecule is CC(C)Cc1ccc(C(O)C(=O)[O-])cc1. The van der Waals surface area contributed by atoms with E-state index in [1.807, 2.05) is 12.1 Å². The summed E-state index contributed by atoms with van der Waals surface area (Å²) in [5.41, 5.74) is 1.50. The molecule has 3 heteroatoms. The van der Waals surface area contributed by atoms with Crippen LogP contribution in [0.25, 0.3) is 0 Å². The van der Waals surface area contributed by atoms with Crippen LogP contribution in [0.1, 0.15) is 31.1 Å². The molecule has 0 aliphatic carbocycles. The number of aliphatic hydroxyl groups excluding tert-OH is 1. The minimum atomic E-state index is -1.53. The number of aliphatic carboxylic acids is 1. The summed E-state index contributed by atoms with van der Waals surface area (Å²) in [5, 5.41) is 19.6. The van der Waals surface area contributed by atoms with Crippen molar-refractivity contribution in [2.75, 3.05) is 0 Å². The van der Waals surface area contributed by atoms with Gasteiger partial charge in [0.2, 0.25) is 0 Å². The van der Waals surface area contributed by atoms with Crippen LogP contribution >= 0.6 is 0 Å². The monoisotopic (exact) mass is 207 g/mol. The molecule has 0 amide bonds. The van der Waals surface area contributed by atoms with E-state index < -0.39 is 12.1 Å². The predicted molar refractivity (Wildman–Crippen MR) is 55.0 cm³/mol. The molecule has 0 saturated carbocycles. The summed E-state index contributed by atoms with van der Waals surface area (Å²) in [4.78, 5) is 10.4. The number of hydrogen-bond donors (Lipinski definition) is 1. The van der Waals surface area contributed by atoms with E-state index in [1.165, 1.54) is 0 Å². The molecule has 1 rings (SSSR count). The first kappa shape index (κ1) is 11.7. The van der Waals surface area contributed by atoms with Crippen molar-refractivity contribution < 1.29 is 15.0 Å². The lowest BCUT2D eigenvalue weighted by molar-refractivity contribution is -0.315. The number of hydrogen-bond acceptors (Lipinski definition) is 3. The van der Waals surface area contributed by atoms with Crippen LogP contribution in [0.2, 0.25) is 0 Å². The lowest BCUT2D eigenvalue weighted by atomic mass is 10.0. The number of carboxylic acid groups (broad SMARTS) is 1. The van der Waals surface area contributed by atoms with Gasteiger partial charge in [-0.2, -0.15) is 0 Å². The average Bonchev–Trinajstić information content (AvgIpc) is 2.17. The Morgan fingerprint density at radius 1 is 1.33 bits per heavy atom. The van der Waals surface area contributed by atoms with E-state index in [4.69, 9.17) is 0 Å². The first-order chi connectivity index (χ1) is 7.00. The summed E-state index contributed by atoms with van der Waals surface area (Å²) in [5.74, 6) is -0.909. The third-order valence-corrected chi connectivity index (χ3v) is 2.16.